The number of primary amides is 2. The summed E-state index contributed by atoms with van der Waals surface area (Å²) in [5, 5.41) is 25.0. The van der Waals surface area contributed by atoms with Crippen molar-refractivity contribution in [1.82, 2.24) is 36.8 Å². The van der Waals surface area contributed by atoms with Crippen LogP contribution in [-0.2, 0) is 60.8 Å². The Labute approximate surface area is 446 Å². The predicted octanol–water partition coefficient (Wildman–Crippen LogP) is -3.92. The first-order valence-electron chi connectivity index (χ1n) is 25.3. The summed E-state index contributed by atoms with van der Waals surface area (Å²) in [5.41, 5.74) is 40.0. The van der Waals surface area contributed by atoms with Crippen molar-refractivity contribution in [3.8, 4) is 0 Å². The molecule has 27 heteroatoms. The van der Waals surface area contributed by atoms with Crippen LogP contribution in [-0.4, -0.2) is 149 Å². The van der Waals surface area contributed by atoms with Gasteiger partial charge in [-0.25, -0.2) is 0 Å². The van der Waals surface area contributed by atoms with E-state index in [0.29, 0.717) is 17.5 Å². The van der Waals surface area contributed by atoms with Gasteiger partial charge in [-0.3, -0.25) is 57.9 Å². The number of rotatable bonds is 33. The molecule has 0 aromatic heterocycles. The number of carboxylic acids is 1. The third-order valence-corrected chi connectivity index (χ3v) is 12.2. The van der Waals surface area contributed by atoms with Gasteiger partial charge in [0.1, 0.15) is 42.3 Å². The fourth-order valence-corrected chi connectivity index (χ4v) is 8.33. The van der Waals surface area contributed by atoms with Crippen LogP contribution in [0.4, 0.5) is 0 Å². The van der Waals surface area contributed by atoms with Gasteiger partial charge < -0.3 is 82.0 Å². The second-order valence-corrected chi connectivity index (χ2v) is 19.1. The second-order valence-electron chi connectivity index (χ2n) is 19.1. The molecule has 1 aliphatic heterocycles. The van der Waals surface area contributed by atoms with Crippen LogP contribution in [0, 0.1) is 5.92 Å². The molecule has 1 heterocycles. The van der Waals surface area contributed by atoms with Crippen molar-refractivity contribution in [2.45, 2.75) is 139 Å². The largest absolute Gasteiger partial charge is 0.481 e. The molecule has 8 atom stereocenters. The number of carbonyl (C=O) groups excluding carboxylic acids is 9. The molecule has 1 aliphatic rings. The molecule has 77 heavy (non-hydrogen) atoms. The number of guanidine groups is 2. The van der Waals surface area contributed by atoms with Crippen LogP contribution in [0.3, 0.4) is 0 Å². The predicted molar refractivity (Wildman–Crippen MR) is 284 cm³/mol. The summed E-state index contributed by atoms with van der Waals surface area (Å²) in [4.78, 5) is 143. The van der Waals surface area contributed by atoms with Crippen LogP contribution in [0.25, 0.3) is 0 Å². The van der Waals surface area contributed by atoms with Gasteiger partial charge in [0.25, 0.3) is 0 Å². The molecule has 2 aromatic rings. The fourth-order valence-electron chi connectivity index (χ4n) is 8.33. The van der Waals surface area contributed by atoms with Crippen molar-refractivity contribution in [3.05, 3.63) is 71.8 Å². The number of carboxylic acid groups (broad SMARTS) is 1. The molecule has 1 fully saturated rings. The van der Waals surface area contributed by atoms with Gasteiger partial charge >= 0.3 is 5.97 Å². The lowest BCUT2D eigenvalue weighted by Gasteiger charge is -2.31. The summed E-state index contributed by atoms with van der Waals surface area (Å²) in [6.45, 7) is 3.78. The van der Waals surface area contributed by atoms with Gasteiger partial charge in [-0.1, -0.05) is 74.5 Å². The monoisotopic (exact) mass is 1080 g/mol. The molecule has 2 aromatic carbocycles. The second kappa shape index (κ2) is 32.2. The summed E-state index contributed by atoms with van der Waals surface area (Å²) >= 11 is 0. The molecule has 0 spiro atoms. The van der Waals surface area contributed by atoms with E-state index in [1.165, 1.54) is 4.90 Å². The van der Waals surface area contributed by atoms with Crippen LogP contribution >= 0.6 is 0 Å². The van der Waals surface area contributed by atoms with E-state index in [0.717, 1.165) is 0 Å². The van der Waals surface area contributed by atoms with Crippen LogP contribution < -0.4 is 72.0 Å². The minimum absolute atomic E-state index is 0.0242. The quantitative estimate of drug-likeness (QED) is 0.0184. The van der Waals surface area contributed by atoms with E-state index in [1.807, 2.05) is 13.8 Å². The Kier molecular flexibility index (Phi) is 26.3. The molecule has 0 radical (unpaired) electrons. The third kappa shape index (κ3) is 23.0. The van der Waals surface area contributed by atoms with Crippen LogP contribution in [0.1, 0.15) is 89.2 Å². The highest BCUT2D eigenvalue weighted by molar-refractivity contribution is 5.98. The maximum Gasteiger partial charge on any atom is 0.303 e. The summed E-state index contributed by atoms with van der Waals surface area (Å²) < 4.78 is 0. The van der Waals surface area contributed by atoms with Gasteiger partial charge in [0.15, 0.2) is 11.9 Å². The summed E-state index contributed by atoms with van der Waals surface area (Å²) in [6, 6.07) is 6.87. The lowest BCUT2D eigenvalue weighted by Crippen LogP contribution is -2.60. The zero-order chi connectivity index (χ0) is 57.2. The molecular formula is C50H76N16O11. The van der Waals surface area contributed by atoms with E-state index in [9.17, 15) is 47.9 Å². The smallest absolute Gasteiger partial charge is 0.303 e. The average molecular weight is 1080 g/mol. The van der Waals surface area contributed by atoms with Crippen molar-refractivity contribution < 1.29 is 53.1 Å². The molecular weight excluding hydrogens is 1000 g/mol. The first-order chi connectivity index (χ1) is 36.4. The van der Waals surface area contributed by atoms with Gasteiger partial charge in [0, 0.05) is 38.9 Å². The van der Waals surface area contributed by atoms with E-state index in [-0.39, 0.29) is 95.3 Å². The molecule has 422 valence electrons. The zero-order valence-electron chi connectivity index (χ0n) is 43.5. The van der Waals surface area contributed by atoms with E-state index < -0.39 is 120 Å². The minimum atomic E-state index is -1.50. The molecule has 0 aliphatic carbocycles. The number of amides is 9. The fraction of sp³-hybridized carbons (Fsp3) is 0.520. The van der Waals surface area contributed by atoms with Crippen molar-refractivity contribution in [3.63, 3.8) is 0 Å². The number of aliphatic imine (C=N–C) groups is 2. The summed E-state index contributed by atoms with van der Waals surface area (Å²) in [6.07, 6.45) is -0.562. The number of nitrogens with two attached hydrogens (primary N) is 7. The number of carbonyl (C=O) groups is 10. The van der Waals surface area contributed by atoms with Gasteiger partial charge in [0.05, 0.1) is 12.5 Å². The van der Waals surface area contributed by atoms with Crippen LogP contribution in [0.15, 0.2) is 70.6 Å². The highest BCUT2D eigenvalue weighted by Gasteiger charge is 2.40. The maximum atomic E-state index is 14.7. The molecule has 1 saturated heterocycles. The lowest BCUT2D eigenvalue weighted by molar-refractivity contribution is -0.142. The molecule has 0 bridgehead atoms. The summed E-state index contributed by atoms with van der Waals surface area (Å²) in [5.74, 6) is -9.22. The van der Waals surface area contributed by atoms with Crippen molar-refractivity contribution in [2.75, 3.05) is 19.6 Å². The number of aliphatic carboxylic acids is 1. The minimum Gasteiger partial charge on any atom is -0.481 e. The normalized spacial score (nSPS) is 15.6. The first kappa shape index (κ1) is 62.9. The number of hydrogen-bond donors (Lipinski definition) is 14. The van der Waals surface area contributed by atoms with Crippen molar-refractivity contribution in [1.29, 1.82) is 0 Å². The van der Waals surface area contributed by atoms with Crippen molar-refractivity contribution >= 4 is 71.1 Å². The Morgan fingerprint density at radius 1 is 0.597 bits per heavy atom. The molecule has 9 amide bonds. The van der Waals surface area contributed by atoms with Crippen molar-refractivity contribution in [2.24, 2.45) is 56.0 Å². The Morgan fingerprint density at radius 3 is 1.53 bits per heavy atom. The van der Waals surface area contributed by atoms with E-state index >= 15 is 0 Å². The molecule has 27 nitrogen and oxygen atoms in total. The topological polar surface area (TPSA) is 473 Å². The SMILES string of the molecule is CC(C)C[C@H](NC(=O)[C@H](Cc1ccccc1)NC(=O)[C@@H](N)CCC(=O)O)C(=O)N[C@@H](Cc1ccccc1)C(=O)N[C@@H](CCCN=C(N)N)C(=O)N1CCC[C@H]1C(=O)N[C@@H](CCCN=C(N)N)C(=O)N[C@@H](CC(N)=O)C(N)=O. The Bertz CT molecular complexity index is 2400. The molecule has 0 saturated carbocycles. The number of hydrogen-bond acceptors (Lipinski definition) is 13. The van der Waals surface area contributed by atoms with Gasteiger partial charge in [-0.05, 0) is 68.4 Å². The number of nitrogens with zero attached hydrogens (tertiary/aromatic N) is 3. The molecule has 3 rings (SSSR count). The van der Waals surface area contributed by atoms with Crippen LogP contribution in [0.2, 0.25) is 0 Å². The number of nitrogens with one attached hydrogen (secondary N) is 6. The highest BCUT2D eigenvalue weighted by atomic mass is 16.4. The van der Waals surface area contributed by atoms with E-state index in [4.69, 9.17) is 45.2 Å². The van der Waals surface area contributed by atoms with Gasteiger partial charge in [0.2, 0.25) is 53.2 Å². The molecule has 21 N–H and O–H groups in total. The van der Waals surface area contributed by atoms with E-state index in [1.54, 1.807) is 60.7 Å². The Hall–Kier alpha value is -8.36. The Morgan fingerprint density at radius 2 is 1.05 bits per heavy atom. The zero-order valence-corrected chi connectivity index (χ0v) is 43.5. The van der Waals surface area contributed by atoms with Gasteiger partial charge in [-0.2, -0.15) is 0 Å². The number of benzene rings is 2. The molecule has 0 unspecified atom stereocenters. The maximum absolute atomic E-state index is 14.7. The third-order valence-electron chi connectivity index (χ3n) is 12.2. The lowest BCUT2D eigenvalue weighted by atomic mass is 9.99. The van der Waals surface area contributed by atoms with Crippen LogP contribution in [0.5, 0.6) is 0 Å². The first-order valence-corrected chi connectivity index (χ1v) is 25.3. The Balaban J connectivity index is 1.96. The summed E-state index contributed by atoms with van der Waals surface area (Å²) in [7, 11) is 0. The average Bonchev–Trinajstić information content (AvgIpc) is 3.87. The standard InChI is InChI=1S/C50H76N16O11/c1-28(2)24-35(64-46(75)36(25-29-12-5-3-6-13-29)63-42(71)31(51)19-20-40(68)69)44(73)65-37(26-30-14-7-4-8-15-30)45(74)61-33(17-10-22-59-50(56)57)48(77)66-23-11-18-38(66)47(76)60-32(16-9-21-58-49(54)55)43(72)62-34(41(53)70)27-39(52)67/h3-8,12-15,28,31-38H,9-11,16-27,51H2,1-2H3,(H2,52,67)(H2,53,70)(H,60,76)(H,61,74)(H,62,72)(H,63,71)(H,64,75)(H,65,73)(H,68,69)(H4,54,55,58)(H4,56,57,59)/t31-,32-,33-,34-,35-,36-,37-,38-/m0/s1. The van der Waals surface area contributed by atoms with E-state index in [2.05, 4.69) is 41.9 Å². The highest BCUT2D eigenvalue weighted by Crippen LogP contribution is 2.21. The van der Waals surface area contributed by atoms with Gasteiger partial charge in [-0.15, -0.1) is 0 Å². The number of likely N-dealkylation sites (tertiary alicyclic amines) is 1.